The van der Waals surface area contributed by atoms with Crippen LogP contribution in [0, 0.1) is 5.92 Å². The van der Waals surface area contributed by atoms with Gasteiger partial charge in [-0.2, -0.15) is 0 Å². The molecule has 1 aliphatic heterocycles. The largest absolute Gasteiger partial charge is 0.383 e. The molecule has 1 fully saturated rings. The maximum Gasteiger partial charge on any atom is 0.221 e. The smallest absolute Gasteiger partial charge is 0.221 e. The summed E-state index contributed by atoms with van der Waals surface area (Å²) in [5, 5.41) is 3.10. The summed E-state index contributed by atoms with van der Waals surface area (Å²) in [5.74, 6) is 0.195. The predicted octanol–water partition coefficient (Wildman–Crippen LogP) is 0.823. The molecule has 0 radical (unpaired) electrons. The number of piperidine rings is 1. The lowest BCUT2D eigenvalue weighted by molar-refractivity contribution is -0.123. The predicted molar refractivity (Wildman–Crippen MR) is 103 cm³/mol. The number of guanidine groups is 1. The molecule has 1 heterocycles. The molecule has 1 aliphatic rings. The molecule has 0 aliphatic carbocycles. The number of aliphatic imine (C=N–C) groups is 1. The van der Waals surface area contributed by atoms with Crippen molar-refractivity contribution in [1.82, 2.24) is 10.2 Å². The monoisotopic (exact) mass is 361 g/mol. The molecule has 0 aromatic heterocycles. The van der Waals surface area contributed by atoms with Crippen LogP contribution in [0.1, 0.15) is 30.9 Å². The molecule has 7 nitrogen and oxygen atoms in total. The number of ether oxygens (including phenoxy) is 1. The Kier molecular flexibility index (Phi) is 7.87. The molecule has 1 aromatic rings. The minimum Gasteiger partial charge on any atom is -0.383 e. The molecule has 1 amide bonds. The van der Waals surface area contributed by atoms with E-state index in [2.05, 4.69) is 27.3 Å². The Morgan fingerprint density at radius 1 is 1.42 bits per heavy atom. The van der Waals surface area contributed by atoms with Gasteiger partial charge in [0.1, 0.15) is 0 Å². The van der Waals surface area contributed by atoms with Crippen LogP contribution < -0.4 is 16.8 Å². The van der Waals surface area contributed by atoms with Gasteiger partial charge in [0.25, 0.3) is 0 Å². The number of amides is 1. The van der Waals surface area contributed by atoms with Crippen molar-refractivity contribution in [1.29, 1.82) is 0 Å². The summed E-state index contributed by atoms with van der Waals surface area (Å²) in [6.45, 7) is 5.65. The van der Waals surface area contributed by atoms with Gasteiger partial charge in [0.15, 0.2) is 5.96 Å². The lowest BCUT2D eigenvalue weighted by atomic mass is 9.97. The van der Waals surface area contributed by atoms with Crippen LogP contribution in [0.2, 0.25) is 0 Å². The first-order chi connectivity index (χ1) is 12.5. The fourth-order valence-electron chi connectivity index (χ4n) is 3.28. The molecule has 5 N–H and O–H groups in total. The highest BCUT2D eigenvalue weighted by Gasteiger charge is 2.23. The van der Waals surface area contributed by atoms with E-state index >= 15 is 0 Å². The summed E-state index contributed by atoms with van der Waals surface area (Å²) in [6.07, 6.45) is 1.91. The molecule has 2 atom stereocenters. The quantitative estimate of drug-likeness (QED) is 0.470. The van der Waals surface area contributed by atoms with Crippen LogP contribution in [-0.2, 0) is 22.6 Å². The molecule has 144 valence electrons. The molecule has 0 bridgehead atoms. The first-order valence-corrected chi connectivity index (χ1v) is 9.12. The van der Waals surface area contributed by atoms with Gasteiger partial charge in [-0.3, -0.25) is 9.69 Å². The number of carbonyl (C=O) groups excluding carboxylic acids is 1. The summed E-state index contributed by atoms with van der Waals surface area (Å²) >= 11 is 0. The number of hydrogen-bond donors (Lipinski definition) is 3. The number of nitrogens with one attached hydrogen (secondary N) is 1. The number of primary amides is 1. The maximum absolute atomic E-state index is 11.4. The normalized spacial score (nSPS) is 19.9. The highest BCUT2D eigenvalue weighted by atomic mass is 16.5. The van der Waals surface area contributed by atoms with Crippen molar-refractivity contribution in [2.45, 2.75) is 38.9 Å². The molecule has 2 unspecified atom stereocenters. The van der Waals surface area contributed by atoms with Crippen molar-refractivity contribution in [3.63, 3.8) is 0 Å². The zero-order valence-corrected chi connectivity index (χ0v) is 15.8. The van der Waals surface area contributed by atoms with Gasteiger partial charge in [-0.25, -0.2) is 4.99 Å². The third-order valence-corrected chi connectivity index (χ3v) is 4.55. The number of benzene rings is 1. The van der Waals surface area contributed by atoms with Crippen molar-refractivity contribution >= 4 is 11.9 Å². The average molecular weight is 361 g/mol. The van der Waals surface area contributed by atoms with Gasteiger partial charge in [-0.05, 0) is 37.4 Å². The Balaban J connectivity index is 1.90. The summed E-state index contributed by atoms with van der Waals surface area (Å²) in [4.78, 5) is 18.1. The Labute approximate surface area is 155 Å². The Morgan fingerprint density at radius 2 is 2.19 bits per heavy atom. The van der Waals surface area contributed by atoms with Gasteiger partial charge in [0.2, 0.25) is 5.91 Å². The van der Waals surface area contributed by atoms with E-state index in [4.69, 9.17) is 16.2 Å². The van der Waals surface area contributed by atoms with Crippen LogP contribution in [0.4, 0.5) is 0 Å². The second-order valence-electron chi connectivity index (χ2n) is 7.00. The van der Waals surface area contributed by atoms with Gasteiger partial charge in [0, 0.05) is 26.2 Å². The summed E-state index contributed by atoms with van der Waals surface area (Å²) < 4.78 is 5.07. The molecule has 26 heavy (non-hydrogen) atoms. The van der Waals surface area contributed by atoms with E-state index in [1.165, 1.54) is 5.56 Å². The van der Waals surface area contributed by atoms with E-state index in [1.54, 1.807) is 7.11 Å². The van der Waals surface area contributed by atoms with Gasteiger partial charge in [0.05, 0.1) is 19.1 Å². The number of carbonyl (C=O) groups is 1. The van der Waals surface area contributed by atoms with Crippen LogP contribution in [0.3, 0.4) is 0 Å². The zero-order chi connectivity index (χ0) is 18.9. The first kappa shape index (κ1) is 20.2. The second-order valence-corrected chi connectivity index (χ2v) is 7.00. The van der Waals surface area contributed by atoms with E-state index in [-0.39, 0.29) is 17.9 Å². The van der Waals surface area contributed by atoms with Gasteiger partial charge < -0.3 is 21.5 Å². The van der Waals surface area contributed by atoms with Crippen molar-refractivity contribution in [3.8, 4) is 0 Å². The maximum atomic E-state index is 11.4. The number of nitrogens with two attached hydrogens (primary N) is 2. The highest BCUT2D eigenvalue weighted by Crippen LogP contribution is 2.19. The standard InChI is InChI=1S/C19H31N5O2/c1-14(13-26-2)23-19(21)22-10-15-5-3-6-16(9-15)11-24-8-4-7-17(12-24)18(20)25/h3,5-6,9,14,17H,4,7-8,10-13H2,1-2H3,(H2,20,25)(H3,21,22,23). The third-order valence-electron chi connectivity index (χ3n) is 4.55. The van der Waals surface area contributed by atoms with Gasteiger partial charge in [-0.15, -0.1) is 0 Å². The topological polar surface area (TPSA) is 106 Å². The Morgan fingerprint density at radius 3 is 2.92 bits per heavy atom. The van der Waals surface area contributed by atoms with Crippen LogP contribution in [0.15, 0.2) is 29.3 Å². The number of likely N-dealkylation sites (tertiary alicyclic amines) is 1. The lowest BCUT2D eigenvalue weighted by Crippen LogP contribution is -2.40. The van der Waals surface area contributed by atoms with Crippen LogP contribution in [-0.4, -0.2) is 49.6 Å². The minimum absolute atomic E-state index is 0.0310. The molecular weight excluding hydrogens is 330 g/mol. The fourth-order valence-corrected chi connectivity index (χ4v) is 3.28. The van der Waals surface area contributed by atoms with Crippen molar-refractivity contribution in [2.75, 3.05) is 26.8 Å². The second kappa shape index (κ2) is 10.1. The summed E-state index contributed by atoms with van der Waals surface area (Å²) in [5.41, 5.74) is 13.7. The van der Waals surface area contributed by atoms with Crippen molar-refractivity contribution in [3.05, 3.63) is 35.4 Å². The van der Waals surface area contributed by atoms with Crippen molar-refractivity contribution < 1.29 is 9.53 Å². The third kappa shape index (κ3) is 6.65. The van der Waals surface area contributed by atoms with Crippen molar-refractivity contribution in [2.24, 2.45) is 22.4 Å². The van der Waals surface area contributed by atoms with Gasteiger partial charge >= 0.3 is 0 Å². The van der Waals surface area contributed by atoms with Crippen LogP contribution in [0.25, 0.3) is 0 Å². The average Bonchev–Trinajstić information content (AvgIpc) is 2.61. The van der Waals surface area contributed by atoms with Crippen LogP contribution >= 0.6 is 0 Å². The molecular formula is C19H31N5O2. The Bertz CT molecular complexity index is 620. The fraction of sp³-hybridized carbons (Fsp3) is 0.579. The SMILES string of the molecule is COCC(C)NC(N)=NCc1cccc(CN2CCCC(C(N)=O)C2)c1. The summed E-state index contributed by atoms with van der Waals surface area (Å²) in [7, 11) is 1.66. The number of hydrogen-bond acceptors (Lipinski definition) is 4. The molecule has 1 saturated heterocycles. The first-order valence-electron chi connectivity index (χ1n) is 9.12. The molecule has 2 rings (SSSR count). The highest BCUT2D eigenvalue weighted by molar-refractivity contribution is 5.78. The van der Waals surface area contributed by atoms with E-state index in [9.17, 15) is 4.79 Å². The molecule has 0 spiro atoms. The number of methoxy groups -OCH3 is 1. The minimum atomic E-state index is -0.191. The molecule has 7 heteroatoms. The Hall–Kier alpha value is -2.12. The van der Waals surface area contributed by atoms with E-state index in [0.29, 0.717) is 19.1 Å². The number of rotatable bonds is 8. The van der Waals surface area contributed by atoms with E-state index in [0.717, 1.165) is 38.0 Å². The lowest BCUT2D eigenvalue weighted by Gasteiger charge is -2.31. The molecule has 0 saturated carbocycles. The number of nitrogens with zero attached hydrogens (tertiary/aromatic N) is 2. The van der Waals surface area contributed by atoms with Crippen LogP contribution in [0.5, 0.6) is 0 Å². The van der Waals surface area contributed by atoms with Gasteiger partial charge in [-0.1, -0.05) is 24.3 Å². The van der Waals surface area contributed by atoms with E-state index < -0.39 is 0 Å². The summed E-state index contributed by atoms with van der Waals surface area (Å²) in [6, 6.07) is 8.44. The molecule has 1 aromatic carbocycles. The zero-order valence-electron chi connectivity index (χ0n) is 15.8. The van der Waals surface area contributed by atoms with E-state index in [1.807, 2.05) is 19.1 Å².